The maximum Gasteiger partial charge on any atom is 0.0510 e. The lowest BCUT2D eigenvalue weighted by molar-refractivity contribution is 0.238. The van der Waals surface area contributed by atoms with E-state index in [1.54, 1.807) is 0 Å². The zero-order valence-corrected chi connectivity index (χ0v) is 12.5. The highest BCUT2D eigenvalue weighted by atomic mass is 79.9. The third-order valence-electron chi connectivity index (χ3n) is 4.13. The van der Waals surface area contributed by atoms with Crippen LogP contribution >= 0.6 is 15.9 Å². The van der Waals surface area contributed by atoms with Crippen LogP contribution in [0.2, 0.25) is 0 Å². The first kappa shape index (κ1) is 13.8. The molecule has 3 nitrogen and oxygen atoms in total. The van der Waals surface area contributed by atoms with Crippen LogP contribution in [-0.2, 0) is 0 Å². The number of hydrogen-bond acceptors (Lipinski definition) is 3. The van der Waals surface area contributed by atoms with E-state index in [1.165, 1.54) is 15.7 Å². The number of anilines is 1. The van der Waals surface area contributed by atoms with Crippen LogP contribution in [0.1, 0.15) is 18.4 Å². The Hall–Kier alpha value is -0.580. The average Bonchev–Trinajstić information content (AvgIpc) is 2.39. The lowest BCUT2D eigenvalue weighted by Crippen LogP contribution is -2.48. The molecular weight excluding hydrogens is 290 g/mol. The number of nitrogens with zero attached hydrogens (tertiary/aromatic N) is 1. The minimum Gasteiger partial charge on any atom is -0.371 e. The van der Waals surface area contributed by atoms with Gasteiger partial charge in [0.05, 0.1) is 5.69 Å². The van der Waals surface area contributed by atoms with Crippen molar-refractivity contribution in [3.63, 3.8) is 0 Å². The highest BCUT2D eigenvalue weighted by Crippen LogP contribution is 2.34. The molecule has 1 aromatic rings. The lowest BCUT2D eigenvalue weighted by atomic mass is 9.78. The summed E-state index contributed by atoms with van der Waals surface area (Å²) >= 11 is 3.65. The van der Waals surface area contributed by atoms with Crippen molar-refractivity contribution in [1.82, 2.24) is 0 Å². The van der Waals surface area contributed by atoms with Crippen LogP contribution in [0.5, 0.6) is 0 Å². The molecule has 100 valence electrons. The van der Waals surface area contributed by atoms with Gasteiger partial charge in [-0.2, -0.15) is 0 Å². The predicted molar refractivity (Wildman–Crippen MR) is 80.9 cm³/mol. The first-order valence-corrected chi connectivity index (χ1v) is 7.31. The molecule has 0 bridgehead atoms. The second-order valence-corrected chi connectivity index (χ2v) is 6.20. The highest BCUT2D eigenvalue weighted by Gasteiger charge is 2.32. The van der Waals surface area contributed by atoms with Gasteiger partial charge >= 0.3 is 0 Å². The van der Waals surface area contributed by atoms with Gasteiger partial charge in [0.25, 0.3) is 0 Å². The summed E-state index contributed by atoms with van der Waals surface area (Å²) in [5.41, 5.74) is 14.5. The largest absolute Gasteiger partial charge is 0.371 e. The Kier molecular flexibility index (Phi) is 4.30. The molecule has 2 rings (SSSR count). The number of halogens is 1. The second-order valence-electron chi connectivity index (χ2n) is 5.35. The van der Waals surface area contributed by atoms with Crippen LogP contribution in [0, 0.1) is 12.3 Å². The van der Waals surface area contributed by atoms with Gasteiger partial charge in [-0.3, -0.25) is 0 Å². The molecule has 0 aliphatic carbocycles. The third kappa shape index (κ3) is 2.71. The standard InChI is InChI=1S/C14H22BrN3/c1-11-2-3-13(12(15)8-11)18-6-4-14(9-16,10-17)5-7-18/h2-3,8H,4-7,9-10,16-17H2,1H3. The summed E-state index contributed by atoms with van der Waals surface area (Å²) in [6.07, 6.45) is 2.17. The molecular formula is C14H22BrN3. The summed E-state index contributed by atoms with van der Waals surface area (Å²) in [7, 11) is 0. The molecule has 1 heterocycles. The molecule has 1 aliphatic heterocycles. The number of nitrogens with two attached hydrogens (primary N) is 2. The number of benzene rings is 1. The summed E-state index contributed by atoms with van der Waals surface area (Å²) < 4.78 is 1.18. The van der Waals surface area contributed by atoms with E-state index >= 15 is 0 Å². The Balaban J connectivity index is 2.10. The van der Waals surface area contributed by atoms with Crippen molar-refractivity contribution in [3.8, 4) is 0 Å². The first-order chi connectivity index (χ1) is 8.60. The van der Waals surface area contributed by atoms with Gasteiger partial charge in [0.2, 0.25) is 0 Å². The van der Waals surface area contributed by atoms with Crippen molar-refractivity contribution >= 4 is 21.6 Å². The van der Waals surface area contributed by atoms with Crippen LogP contribution in [0.15, 0.2) is 22.7 Å². The molecule has 0 unspecified atom stereocenters. The minimum atomic E-state index is 0.160. The van der Waals surface area contributed by atoms with E-state index in [2.05, 4.69) is 46.0 Å². The molecule has 18 heavy (non-hydrogen) atoms. The Morgan fingerprint density at radius 1 is 1.22 bits per heavy atom. The molecule has 1 saturated heterocycles. The second kappa shape index (κ2) is 5.59. The summed E-state index contributed by atoms with van der Waals surface area (Å²) in [5, 5.41) is 0. The zero-order chi connectivity index (χ0) is 13.2. The fourth-order valence-corrected chi connectivity index (χ4v) is 3.33. The summed E-state index contributed by atoms with van der Waals surface area (Å²) in [6, 6.07) is 6.52. The zero-order valence-electron chi connectivity index (χ0n) is 11.0. The Labute approximate surface area is 118 Å². The Morgan fingerprint density at radius 2 is 1.83 bits per heavy atom. The first-order valence-electron chi connectivity index (χ1n) is 6.51. The van der Waals surface area contributed by atoms with E-state index in [0.717, 1.165) is 25.9 Å². The van der Waals surface area contributed by atoms with E-state index in [0.29, 0.717) is 13.1 Å². The third-order valence-corrected chi connectivity index (χ3v) is 4.77. The monoisotopic (exact) mass is 311 g/mol. The van der Waals surface area contributed by atoms with E-state index in [4.69, 9.17) is 11.5 Å². The molecule has 0 saturated carbocycles. The van der Waals surface area contributed by atoms with Crippen molar-refractivity contribution < 1.29 is 0 Å². The molecule has 0 atom stereocenters. The normalized spacial score (nSPS) is 19.0. The van der Waals surface area contributed by atoms with Crippen LogP contribution < -0.4 is 16.4 Å². The van der Waals surface area contributed by atoms with Gasteiger partial charge in [-0.05, 0) is 71.9 Å². The maximum atomic E-state index is 5.87. The van der Waals surface area contributed by atoms with Crippen molar-refractivity contribution in [2.24, 2.45) is 16.9 Å². The van der Waals surface area contributed by atoms with Gasteiger partial charge in [-0.1, -0.05) is 6.07 Å². The molecule has 0 aromatic heterocycles. The van der Waals surface area contributed by atoms with Crippen molar-refractivity contribution in [3.05, 3.63) is 28.2 Å². The molecule has 0 radical (unpaired) electrons. The summed E-state index contributed by atoms with van der Waals surface area (Å²) in [6.45, 7) is 5.59. The van der Waals surface area contributed by atoms with Gasteiger partial charge in [0.15, 0.2) is 0 Å². The van der Waals surface area contributed by atoms with Gasteiger partial charge in [-0.25, -0.2) is 0 Å². The van der Waals surface area contributed by atoms with Crippen molar-refractivity contribution in [2.45, 2.75) is 19.8 Å². The van der Waals surface area contributed by atoms with E-state index in [1.807, 2.05) is 0 Å². The fourth-order valence-electron chi connectivity index (χ4n) is 2.58. The smallest absolute Gasteiger partial charge is 0.0510 e. The Morgan fingerprint density at radius 3 is 2.33 bits per heavy atom. The SMILES string of the molecule is Cc1ccc(N2CCC(CN)(CN)CC2)c(Br)c1. The van der Waals surface area contributed by atoms with Crippen LogP contribution in [-0.4, -0.2) is 26.2 Å². The topological polar surface area (TPSA) is 55.3 Å². The summed E-state index contributed by atoms with van der Waals surface area (Å²) in [4.78, 5) is 2.42. The number of aryl methyl sites for hydroxylation is 1. The van der Waals surface area contributed by atoms with Gasteiger partial charge < -0.3 is 16.4 Å². The van der Waals surface area contributed by atoms with Crippen LogP contribution in [0.25, 0.3) is 0 Å². The summed E-state index contributed by atoms with van der Waals surface area (Å²) in [5.74, 6) is 0. The number of rotatable bonds is 3. The highest BCUT2D eigenvalue weighted by molar-refractivity contribution is 9.10. The van der Waals surface area contributed by atoms with Crippen LogP contribution in [0.4, 0.5) is 5.69 Å². The number of piperidine rings is 1. The quantitative estimate of drug-likeness (QED) is 0.900. The van der Waals surface area contributed by atoms with E-state index in [-0.39, 0.29) is 5.41 Å². The molecule has 1 aliphatic rings. The van der Waals surface area contributed by atoms with Gasteiger partial charge in [0, 0.05) is 17.6 Å². The van der Waals surface area contributed by atoms with E-state index < -0.39 is 0 Å². The fraction of sp³-hybridized carbons (Fsp3) is 0.571. The maximum absolute atomic E-state index is 5.87. The predicted octanol–water partition coefficient (Wildman–Crippen LogP) is 2.26. The Bertz CT molecular complexity index is 406. The molecule has 1 aromatic carbocycles. The molecule has 0 spiro atoms. The van der Waals surface area contributed by atoms with Crippen LogP contribution in [0.3, 0.4) is 0 Å². The van der Waals surface area contributed by atoms with Gasteiger partial charge in [-0.15, -0.1) is 0 Å². The molecule has 4 N–H and O–H groups in total. The molecule has 1 fully saturated rings. The average molecular weight is 312 g/mol. The van der Waals surface area contributed by atoms with Crippen molar-refractivity contribution in [1.29, 1.82) is 0 Å². The minimum absolute atomic E-state index is 0.160. The van der Waals surface area contributed by atoms with Crippen molar-refractivity contribution in [2.75, 3.05) is 31.1 Å². The number of hydrogen-bond donors (Lipinski definition) is 2. The molecule has 4 heteroatoms. The van der Waals surface area contributed by atoms with E-state index in [9.17, 15) is 0 Å². The van der Waals surface area contributed by atoms with Gasteiger partial charge in [0.1, 0.15) is 0 Å². The lowest BCUT2D eigenvalue weighted by Gasteiger charge is -2.41. The molecule has 0 amide bonds.